The van der Waals surface area contributed by atoms with Crippen LogP contribution in [0.3, 0.4) is 0 Å². The summed E-state index contributed by atoms with van der Waals surface area (Å²) in [5, 5.41) is 4.44. The molecule has 0 spiro atoms. The fraction of sp³-hybridized carbons (Fsp3) is 0.0769. The van der Waals surface area contributed by atoms with E-state index in [4.69, 9.17) is 23.2 Å². The fourth-order valence-corrected chi connectivity index (χ4v) is 3.57. The van der Waals surface area contributed by atoms with Gasteiger partial charge in [0.25, 0.3) is 0 Å². The molecule has 0 heterocycles. The van der Waals surface area contributed by atoms with Crippen LogP contribution in [-0.2, 0) is 6.54 Å². The molecule has 1 N–H and O–H groups in total. The first-order valence-electron chi connectivity index (χ1n) is 5.29. The van der Waals surface area contributed by atoms with E-state index < -0.39 is 0 Å². The van der Waals surface area contributed by atoms with Gasteiger partial charge in [-0.25, -0.2) is 0 Å². The van der Waals surface area contributed by atoms with Gasteiger partial charge in [-0.2, -0.15) is 0 Å². The van der Waals surface area contributed by atoms with Gasteiger partial charge in [0.05, 0.1) is 15.7 Å². The standard InChI is InChI=1S/C13H8Br3Cl2N/c14-8-4-11(17)13(12(18)5-8)19-6-7-1-2-9(15)10(16)3-7/h1-5,19H,6H2. The van der Waals surface area contributed by atoms with Crippen molar-refractivity contribution < 1.29 is 0 Å². The van der Waals surface area contributed by atoms with Crippen molar-refractivity contribution >= 4 is 76.7 Å². The Morgan fingerprint density at radius 2 is 1.53 bits per heavy atom. The minimum atomic E-state index is 0.593. The number of benzene rings is 2. The van der Waals surface area contributed by atoms with Crippen LogP contribution in [0.5, 0.6) is 0 Å². The van der Waals surface area contributed by atoms with Crippen molar-refractivity contribution in [2.45, 2.75) is 6.54 Å². The second kappa shape index (κ2) is 6.81. The minimum absolute atomic E-state index is 0.593. The highest BCUT2D eigenvalue weighted by Gasteiger charge is 2.07. The second-order valence-electron chi connectivity index (χ2n) is 3.85. The highest BCUT2D eigenvalue weighted by atomic mass is 79.9. The van der Waals surface area contributed by atoms with Gasteiger partial charge in [0.2, 0.25) is 0 Å². The summed E-state index contributed by atoms with van der Waals surface area (Å²) in [5.74, 6) is 0. The third-order valence-electron chi connectivity index (χ3n) is 2.46. The van der Waals surface area contributed by atoms with Crippen LogP contribution in [0.4, 0.5) is 5.69 Å². The van der Waals surface area contributed by atoms with Crippen LogP contribution in [0.2, 0.25) is 10.0 Å². The molecule has 0 aliphatic carbocycles. The van der Waals surface area contributed by atoms with Crippen molar-refractivity contribution in [3.63, 3.8) is 0 Å². The zero-order valence-corrected chi connectivity index (χ0v) is 15.8. The molecule has 0 unspecified atom stereocenters. The van der Waals surface area contributed by atoms with Crippen molar-refractivity contribution in [1.29, 1.82) is 0 Å². The Balaban J connectivity index is 2.16. The van der Waals surface area contributed by atoms with Crippen molar-refractivity contribution in [1.82, 2.24) is 0 Å². The van der Waals surface area contributed by atoms with Crippen LogP contribution in [0.15, 0.2) is 43.7 Å². The van der Waals surface area contributed by atoms with Crippen LogP contribution >= 0.6 is 71.0 Å². The van der Waals surface area contributed by atoms with E-state index in [1.807, 2.05) is 30.3 Å². The molecule has 0 aliphatic rings. The van der Waals surface area contributed by atoms with Gasteiger partial charge in [0.15, 0.2) is 0 Å². The number of hydrogen-bond donors (Lipinski definition) is 1. The van der Waals surface area contributed by atoms with Gasteiger partial charge in [-0.05, 0) is 61.7 Å². The molecule has 0 aromatic heterocycles. The molecule has 0 aliphatic heterocycles. The van der Waals surface area contributed by atoms with Crippen molar-refractivity contribution in [3.05, 3.63) is 59.4 Å². The molecular weight excluding hydrogens is 481 g/mol. The Morgan fingerprint density at radius 3 is 2.11 bits per heavy atom. The monoisotopic (exact) mass is 485 g/mol. The normalized spacial score (nSPS) is 10.6. The van der Waals surface area contributed by atoms with Crippen LogP contribution in [0, 0.1) is 0 Å². The lowest BCUT2D eigenvalue weighted by molar-refractivity contribution is 1.14. The molecule has 0 radical (unpaired) electrons. The lowest BCUT2D eigenvalue weighted by Gasteiger charge is -2.11. The Morgan fingerprint density at radius 1 is 0.895 bits per heavy atom. The molecule has 2 rings (SSSR count). The van der Waals surface area contributed by atoms with Gasteiger partial charge in [0, 0.05) is 20.0 Å². The zero-order valence-electron chi connectivity index (χ0n) is 9.48. The molecule has 0 saturated heterocycles. The first-order chi connectivity index (χ1) is 8.97. The van der Waals surface area contributed by atoms with E-state index in [0.717, 1.165) is 24.7 Å². The smallest absolute Gasteiger partial charge is 0.0722 e. The zero-order chi connectivity index (χ0) is 14.0. The van der Waals surface area contributed by atoms with E-state index in [1.54, 1.807) is 0 Å². The fourth-order valence-electron chi connectivity index (χ4n) is 1.55. The molecule has 19 heavy (non-hydrogen) atoms. The van der Waals surface area contributed by atoms with Crippen molar-refractivity contribution in [3.8, 4) is 0 Å². The van der Waals surface area contributed by atoms with Crippen LogP contribution < -0.4 is 5.32 Å². The molecule has 2 aromatic rings. The molecule has 0 fully saturated rings. The summed E-state index contributed by atoms with van der Waals surface area (Å²) < 4.78 is 2.90. The Hall–Kier alpha value is 0.260. The Labute approximate surface area is 147 Å². The van der Waals surface area contributed by atoms with Gasteiger partial charge in [-0.1, -0.05) is 45.2 Å². The molecule has 0 atom stereocenters. The average Bonchev–Trinajstić information content (AvgIpc) is 2.32. The summed E-state index contributed by atoms with van der Waals surface area (Å²) in [6.45, 7) is 0.646. The summed E-state index contributed by atoms with van der Waals surface area (Å²) in [5.41, 5.74) is 1.87. The van der Waals surface area contributed by atoms with Crippen molar-refractivity contribution in [2.75, 3.05) is 5.32 Å². The maximum atomic E-state index is 6.16. The van der Waals surface area contributed by atoms with Crippen LogP contribution in [0.1, 0.15) is 5.56 Å². The first-order valence-corrected chi connectivity index (χ1v) is 8.43. The molecular formula is C13H8Br3Cl2N. The molecule has 0 saturated carbocycles. The summed E-state index contributed by atoms with van der Waals surface area (Å²) in [6, 6.07) is 9.69. The second-order valence-corrected chi connectivity index (χ2v) is 7.29. The minimum Gasteiger partial charge on any atom is -0.379 e. The topological polar surface area (TPSA) is 12.0 Å². The number of hydrogen-bond acceptors (Lipinski definition) is 1. The van der Waals surface area contributed by atoms with Crippen LogP contribution in [-0.4, -0.2) is 0 Å². The number of rotatable bonds is 3. The highest BCUT2D eigenvalue weighted by molar-refractivity contribution is 9.13. The van der Waals surface area contributed by atoms with E-state index in [2.05, 4.69) is 53.1 Å². The SMILES string of the molecule is Clc1cc(Br)cc(Cl)c1NCc1ccc(Br)c(Br)c1. The maximum absolute atomic E-state index is 6.16. The van der Waals surface area contributed by atoms with Gasteiger partial charge >= 0.3 is 0 Å². The molecule has 1 nitrogen and oxygen atoms in total. The third kappa shape index (κ3) is 4.11. The quantitative estimate of drug-likeness (QED) is 0.496. The van der Waals surface area contributed by atoms with Gasteiger partial charge in [-0.3, -0.25) is 0 Å². The molecule has 0 bridgehead atoms. The van der Waals surface area contributed by atoms with E-state index >= 15 is 0 Å². The van der Waals surface area contributed by atoms with E-state index in [-0.39, 0.29) is 0 Å². The highest BCUT2D eigenvalue weighted by Crippen LogP contribution is 2.34. The largest absolute Gasteiger partial charge is 0.379 e. The summed E-state index contributed by atoms with van der Waals surface area (Å²) in [7, 11) is 0. The Kier molecular flexibility index (Phi) is 5.61. The van der Waals surface area contributed by atoms with Gasteiger partial charge in [-0.15, -0.1) is 0 Å². The van der Waals surface area contributed by atoms with Gasteiger partial charge < -0.3 is 5.32 Å². The lowest BCUT2D eigenvalue weighted by atomic mass is 10.2. The average molecular weight is 489 g/mol. The Bertz CT molecular complexity index is 594. The first kappa shape index (κ1) is 15.6. The summed E-state index contributed by atoms with van der Waals surface area (Å²) >= 11 is 22.6. The summed E-state index contributed by atoms with van der Waals surface area (Å²) in [4.78, 5) is 0. The van der Waals surface area contributed by atoms with Crippen molar-refractivity contribution in [2.24, 2.45) is 0 Å². The molecule has 6 heteroatoms. The van der Waals surface area contributed by atoms with E-state index in [1.165, 1.54) is 0 Å². The number of halogens is 5. The van der Waals surface area contributed by atoms with E-state index in [0.29, 0.717) is 16.6 Å². The third-order valence-corrected chi connectivity index (χ3v) is 5.39. The van der Waals surface area contributed by atoms with E-state index in [9.17, 15) is 0 Å². The maximum Gasteiger partial charge on any atom is 0.0722 e. The lowest BCUT2D eigenvalue weighted by Crippen LogP contribution is -2.00. The van der Waals surface area contributed by atoms with Gasteiger partial charge in [0.1, 0.15) is 0 Å². The number of nitrogens with one attached hydrogen (secondary N) is 1. The number of anilines is 1. The summed E-state index contributed by atoms with van der Waals surface area (Å²) in [6.07, 6.45) is 0. The molecule has 2 aromatic carbocycles. The molecule has 100 valence electrons. The molecule has 0 amide bonds. The predicted octanol–water partition coefficient (Wildman–Crippen LogP) is 6.89. The predicted molar refractivity (Wildman–Crippen MR) is 93.3 cm³/mol. The van der Waals surface area contributed by atoms with Crippen LogP contribution in [0.25, 0.3) is 0 Å².